The SMILES string of the molecule is CS(=O)(=O)N1CCC(N/C=C\NN)CC1. The zero-order valence-electron chi connectivity index (χ0n) is 8.81. The summed E-state index contributed by atoms with van der Waals surface area (Å²) in [7, 11) is -3.02. The van der Waals surface area contributed by atoms with Crippen molar-refractivity contribution in [3.63, 3.8) is 0 Å². The van der Waals surface area contributed by atoms with E-state index in [-0.39, 0.29) is 0 Å². The summed E-state index contributed by atoms with van der Waals surface area (Å²) < 4.78 is 23.9. The van der Waals surface area contributed by atoms with Crippen LogP contribution in [0.5, 0.6) is 0 Å². The van der Waals surface area contributed by atoms with Crippen molar-refractivity contribution in [1.82, 2.24) is 15.0 Å². The third-order valence-electron chi connectivity index (χ3n) is 2.43. The minimum absolute atomic E-state index is 0.326. The molecule has 0 saturated carbocycles. The average molecular weight is 234 g/mol. The molecule has 88 valence electrons. The lowest BCUT2D eigenvalue weighted by Crippen LogP contribution is -2.43. The van der Waals surface area contributed by atoms with E-state index in [1.807, 2.05) is 0 Å². The van der Waals surface area contributed by atoms with Gasteiger partial charge < -0.3 is 10.7 Å². The molecule has 0 aromatic heterocycles. The van der Waals surface area contributed by atoms with Crippen molar-refractivity contribution in [2.45, 2.75) is 18.9 Å². The van der Waals surface area contributed by atoms with Gasteiger partial charge in [0.2, 0.25) is 10.0 Å². The van der Waals surface area contributed by atoms with Crippen molar-refractivity contribution in [2.24, 2.45) is 5.84 Å². The number of hydrazine groups is 1. The lowest BCUT2D eigenvalue weighted by Gasteiger charge is -2.30. The fraction of sp³-hybridized carbons (Fsp3) is 0.750. The van der Waals surface area contributed by atoms with Gasteiger partial charge in [0, 0.05) is 31.5 Å². The summed E-state index contributed by atoms with van der Waals surface area (Å²) in [5.41, 5.74) is 2.39. The topological polar surface area (TPSA) is 87.5 Å². The lowest BCUT2D eigenvalue weighted by molar-refractivity contribution is 0.304. The van der Waals surface area contributed by atoms with Gasteiger partial charge >= 0.3 is 0 Å². The summed E-state index contributed by atoms with van der Waals surface area (Å²) in [5.74, 6) is 5.06. The van der Waals surface area contributed by atoms with Crippen molar-refractivity contribution < 1.29 is 8.42 Å². The number of nitrogens with zero attached hydrogens (tertiary/aromatic N) is 1. The molecule has 0 atom stereocenters. The van der Waals surface area contributed by atoms with E-state index in [0.29, 0.717) is 19.1 Å². The van der Waals surface area contributed by atoms with Crippen LogP contribution in [0, 0.1) is 0 Å². The molecule has 4 N–H and O–H groups in total. The Morgan fingerprint density at radius 3 is 2.40 bits per heavy atom. The van der Waals surface area contributed by atoms with Crippen LogP contribution in [-0.2, 0) is 10.0 Å². The molecule has 7 heteroatoms. The second kappa shape index (κ2) is 5.34. The monoisotopic (exact) mass is 234 g/mol. The molecule has 0 radical (unpaired) electrons. The first-order valence-electron chi connectivity index (χ1n) is 4.86. The molecule has 0 aromatic carbocycles. The summed E-state index contributed by atoms with van der Waals surface area (Å²) in [6, 6.07) is 0.326. The molecular formula is C8H18N4O2S. The molecule has 6 nitrogen and oxygen atoms in total. The van der Waals surface area contributed by atoms with Gasteiger partial charge in [0.25, 0.3) is 0 Å². The Bertz CT molecular complexity index is 307. The highest BCUT2D eigenvalue weighted by Gasteiger charge is 2.23. The van der Waals surface area contributed by atoms with Gasteiger partial charge in [-0.05, 0) is 12.8 Å². The number of piperidine rings is 1. The zero-order valence-corrected chi connectivity index (χ0v) is 9.63. The van der Waals surface area contributed by atoms with E-state index in [9.17, 15) is 8.42 Å². The van der Waals surface area contributed by atoms with E-state index < -0.39 is 10.0 Å². The number of rotatable bonds is 4. The van der Waals surface area contributed by atoms with E-state index in [1.165, 1.54) is 10.6 Å². The van der Waals surface area contributed by atoms with Crippen LogP contribution in [0.25, 0.3) is 0 Å². The average Bonchev–Trinajstić information content (AvgIpc) is 2.18. The van der Waals surface area contributed by atoms with Gasteiger partial charge in [-0.25, -0.2) is 12.7 Å². The summed E-state index contributed by atoms with van der Waals surface area (Å²) >= 11 is 0. The van der Waals surface area contributed by atoms with Crippen LogP contribution in [0.2, 0.25) is 0 Å². The van der Waals surface area contributed by atoms with Crippen molar-refractivity contribution in [3.8, 4) is 0 Å². The standard InChI is InChI=1S/C8H18N4O2S/c1-15(13,14)12-6-2-8(3-7-12)10-4-5-11-9/h4-5,8,10-11H,2-3,6-7,9H2,1H3/b5-4-. The van der Waals surface area contributed by atoms with Gasteiger partial charge in [-0.15, -0.1) is 0 Å². The smallest absolute Gasteiger partial charge is 0.211 e. The van der Waals surface area contributed by atoms with Gasteiger partial charge in [-0.2, -0.15) is 0 Å². The van der Waals surface area contributed by atoms with Crippen LogP contribution in [0.3, 0.4) is 0 Å². The predicted molar refractivity (Wildman–Crippen MR) is 59.0 cm³/mol. The molecule has 1 saturated heterocycles. The van der Waals surface area contributed by atoms with Gasteiger partial charge in [0.1, 0.15) is 0 Å². The van der Waals surface area contributed by atoms with Gasteiger partial charge in [0.15, 0.2) is 0 Å². The molecule has 1 fully saturated rings. The largest absolute Gasteiger partial charge is 0.387 e. The van der Waals surface area contributed by atoms with Crippen LogP contribution < -0.4 is 16.6 Å². The first-order valence-corrected chi connectivity index (χ1v) is 6.71. The Hall–Kier alpha value is -0.790. The fourth-order valence-electron chi connectivity index (χ4n) is 1.59. The molecule has 1 heterocycles. The quantitative estimate of drug-likeness (QED) is 0.426. The van der Waals surface area contributed by atoms with Crippen molar-refractivity contribution >= 4 is 10.0 Å². The van der Waals surface area contributed by atoms with Crippen LogP contribution in [0.4, 0.5) is 0 Å². The Labute approximate surface area is 90.5 Å². The van der Waals surface area contributed by atoms with Crippen LogP contribution in [0.15, 0.2) is 12.4 Å². The van der Waals surface area contributed by atoms with Gasteiger partial charge in [-0.1, -0.05) is 0 Å². The molecule has 1 aliphatic rings. The zero-order chi connectivity index (χ0) is 11.3. The van der Waals surface area contributed by atoms with E-state index >= 15 is 0 Å². The first kappa shape index (κ1) is 12.3. The molecule has 0 aromatic rings. The Morgan fingerprint density at radius 1 is 1.33 bits per heavy atom. The molecule has 0 spiro atoms. The van der Waals surface area contributed by atoms with Crippen LogP contribution in [0.1, 0.15) is 12.8 Å². The third-order valence-corrected chi connectivity index (χ3v) is 3.74. The molecule has 1 aliphatic heterocycles. The maximum atomic E-state index is 11.2. The highest BCUT2D eigenvalue weighted by molar-refractivity contribution is 7.88. The maximum Gasteiger partial charge on any atom is 0.211 e. The number of sulfonamides is 1. The molecule has 0 aliphatic carbocycles. The van der Waals surface area contributed by atoms with E-state index in [4.69, 9.17) is 5.84 Å². The summed E-state index contributed by atoms with van der Waals surface area (Å²) in [6.07, 6.45) is 6.23. The van der Waals surface area contributed by atoms with Gasteiger partial charge in [0.05, 0.1) is 6.26 Å². The third kappa shape index (κ3) is 4.06. The fourth-order valence-corrected chi connectivity index (χ4v) is 2.46. The van der Waals surface area contributed by atoms with E-state index in [1.54, 1.807) is 12.4 Å². The highest BCUT2D eigenvalue weighted by atomic mass is 32.2. The first-order chi connectivity index (χ1) is 7.04. The highest BCUT2D eigenvalue weighted by Crippen LogP contribution is 2.12. The predicted octanol–water partition coefficient (Wildman–Crippen LogP) is -1.07. The normalized spacial score (nSPS) is 20.7. The summed E-state index contributed by atoms with van der Waals surface area (Å²) in [5, 5.41) is 3.15. The molecular weight excluding hydrogens is 216 g/mol. The van der Waals surface area contributed by atoms with E-state index in [2.05, 4.69) is 10.7 Å². The minimum Gasteiger partial charge on any atom is -0.387 e. The number of hydrogen-bond donors (Lipinski definition) is 3. The number of hydrogen-bond acceptors (Lipinski definition) is 5. The second-order valence-corrected chi connectivity index (χ2v) is 5.59. The molecule has 0 unspecified atom stereocenters. The Morgan fingerprint density at radius 2 is 1.93 bits per heavy atom. The summed E-state index contributed by atoms with van der Waals surface area (Å²) in [6.45, 7) is 1.17. The van der Waals surface area contributed by atoms with Crippen molar-refractivity contribution in [2.75, 3.05) is 19.3 Å². The summed E-state index contributed by atoms with van der Waals surface area (Å²) in [4.78, 5) is 0. The molecule has 1 rings (SSSR count). The van der Waals surface area contributed by atoms with Crippen LogP contribution in [-0.4, -0.2) is 38.1 Å². The van der Waals surface area contributed by atoms with Crippen molar-refractivity contribution in [3.05, 3.63) is 12.4 Å². The second-order valence-electron chi connectivity index (χ2n) is 3.60. The number of nitrogens with two attached hydrogens (primary N) is 1. The lowest BCUT2D eigenvalue weighted by atomic mass is 10.1. The maximum absolute atomic E-state index is 11.2. The molecule has 15 heavy (non-hydrogen) atoms. The van der Waals surface area contributed by atoms with Crippen LogP contribution >= 0.6 is 0 Å². The number of nitrogens with one attached hydrogen (secondary N) is 2. The van der Waals surface area contributed by atoms with E-state index in [0.717, 1.165) is 12.8 Å². The minimum atomic E-state index is -3.02. The Balaban J connectivity index is 2.33. The molecule has 0 bridgehead atoms. The molecule has 0 amide bonds. The Kier molecular flexibility index (Phi) is 4.37. The van der Waals surface area contributed by atoms with Crippen molar-refractivity contribution in [1.29, 1.82) is 0 Å². The van der Waals surface area contributed by atoms with Gasteiger partial charge in [-0.3, -0.25) is 5.84 Å².